The first-order valence-electron chi connectivity index (χ1n) is 10.6. The van der Waals surface area contributed by atoms with Crippen LogP contribution < -0.4 is 10.2 Å². The van der Waals surface area contributed by atoms with Crippen molar-refractivity contribution in [3.8, 4) is 0 Å². The largest absolute Gasteiger partial charge is 0.444 e. The van der Waals surface area contributed by atoms with Gasteiger partial charge in [0.15, 0.2) is 0 Å². The van der Waals surface area contributed by atoms with Crippen molar-refractivity contribution in [3.63, 3.8) is 0 Å². The molecule has 2 aromatic carbocycles. The zero-order chi connectivity index (χ0) is 22.4. The molecule has 0 unspecified atom stereocenters. The molecule has 1 N–H and O–H groups in total. The van der Waals surface area contributed by atoms with Crippen LogP contribution in [0.25, 0.3) is 0 Å². The number of hydrogen-bond donors (Lipinski definition) is 1. The first-order chi connectivity index (χ1) is 14.7. The van der Waals surface area contributed by atoms with Crippen LogP contribution in [-0.4, -0.2) is 67.2 Å². The molecule has 1 aliphatic rings. The SMILES string of the molecule is CN(c1ccccc1)c1ccccc1NCC(=O)N1CCN(C(=O)OC(C)(C)C)CC1. The monoisotopic (exact) mass is 424 g/mol. The van der Waals surface area contributed by atoms with Crippen LogP contribution >= 0.6 is 0 Å². The number of nitrogens with zero attached hydrogens (tertiary/aromatic N) is 3. The summed E-state index contributed by atoms with van der Waals surface area (Å²) in [6, 6.07) is 18.0. The normalized spacial score (nSPS) is 14.2. The second kappa shape index (κ2) is 9.73. The minimum absolute atomic E-state index is 0.0148. The first-order valence-corrected chi connectivity index (χ1v) is 10.6. The summed E-state index contributed by atoms with van der Waals surface area (Å²) in [4.78, 5) is 30.5. The molecule has 1 fully saturated rings. The van der Waals surface area contributed by atoms with E-state index in [1.54, 1.807) is 9.80 Å². The summed E-state index contributed by atoms with van der Waals surface area (Å²) in [6.07, 6.45) is -0.324. The molecule has 1 saturated heterocycles. The van der Waals surface area contributed by atoms with Crippen LogP contribution in [0.3, 0.4) is 0 Å². The molecule has 1 heterocycles. The third kappa shape index (κ3) is 6.13. The number of rotatable bonds is 5. The number of amides is 2. The van der Waals surface area contributed by atoms with Crippen molar-refractivity contribution in [1.82, 2.24) is 9.80 Å². The van der Waals surface area contributed by atoms with Gasteiger partial charge in [-0.2, -0.15) is 0 Å². The van der Waals surface area contributed by atoms with Gasteiger partial charge in [-0.1, -0.05) is 30.3 Å². The summed E-state index contributed by atoms with van der Waals surface area (Å²) in [5.41, 5.74) is 2.45. The number of hydrogen-bond acceptors (Lipinski definition) is 5. The molecule has 0 radical (unpaired) electrons. The molecule has 7 heteroatoms. The zero-order valence-corrected chi connectivity index (χ0v) is 18.8. The van der Waals surface area contributed by atoms with E-state index in [1.807, 2.05) is 82.4 Å². The fraction of sp³-hybridized carbons (Fsp3) is 0.417. The Morgan fingerprint density at radius 1 is 0.935 bits per heavy atom. The van der Waals surface area contributed by atoms with Gasteiger partial charge in [0.1, 0.15) is 5.60 Å². The second-order valence-electron chi connectivity index (χ2n) is 8.61. The van der Waals surface area contributed by atoms with Gasteiger partial charge in [0.05, 0.1) is 17.9 Å². The molecule has 2 aromatic rings. The highest BCUT2D eigenvalue weighted by atomic mass is 16.6. The van der Waals surface area contributed by atoms with Crippen molar-refractivity contribution in [2.24, 2.45) is 0 Å². The molecule has 1 aliphatic heterocycles. The van der Waals surface area contributed by atoms with Gasteiger partial charge >= 0.3 is 6.09 Å². The third-order valence-electron chi connectivity index (χ3n) is 5.12. The Kier molecular flexibility index (Phi) is 7.05. The molecule has 0 atom stereocenters. The van der Waals surface area contributed by atoms with Crippen LogP contribution in [0.2, 0.25) is 0 Å². The summed E-state index contributed by atoms with van der Waals surface area (Å²) >= 11 is 0. The van der Waals surface area contributed by atoms with Gasteiger partial charge in [0.2, 0.25) is 5.91 Å². The smallest absolute Gasteiger partial charge is 0.410 e. The maximum absolute atomic E-state index is 12.7. The number of carbonyl (C=O) groups excluding carboxylic acids is 2. The molecule has 7 nitrogen and oxygen atoms in total. The average molecular weight is 425 g/mol. The van der Waals surface area contributed by atoms with Crippen molar-refractivity contribution in [2.45, 2.75) is 26.4 Å². The van der Waals surface area contributed by atoms with Crippen LogP contribution in [0.15, 0.2) is 54.6 Å². The van der Waals surface area contributed by atoms with Crippen LogP contribution in [0.5, 0.6) is 0 Å². The molecule has 2 amide bonds. The number of para-hydroxylation sites is 3. The highest BCUT2D eigenvalue weighted by molar-refractivity contribution is 5.84. The standard InChI is InChI=1S/C24H32N4O3/c1-24(2,3)31-23(30)28-16-14-27(15-17-28)22(29)18-25-20-12-8-9-13-21(20)26(4)19-10-6-5-7-11-19/h5-13,25H,14-18H2,1-4H3. The number of nitrogens with one attached hydrogen (secondary N) is 1. The van der Waals surface area contributed by atoms with Crippen LogP contribution in [0, 0.1) is 0 Å². The zero-order valence-electron chi connectivity index (χ0n) is 18.8. The molecular weight excluding hydrogens is 392 g/mol. The molecule has 0 bridgehead atoms. The van der Waals surface area contributed by atoms with Crippen molar-refractivity contribution < 1.29 is 14.3 Å². The van der Waals surface area contributed by atoms with E-state index in [4.69, 9.17) is 4.74 Å². The minimum Gasteiger partial charge on any atom is -0.444 e. The number of piperazine rings is 1. The Morgan fingerprint density at radius 2 is 1.52 bits per heavy atom. The lowest BCUT2D eigenvalue weighted by atomic mass is 10.2. The second-order valence-corrected chi connectivity index (χ2v) is 8.61. The van der Waals surface area contributed by atoms with E-state index in [-0.39, 0.29) is 18.5 Å². The predicted octanol–water partition coefficient (Wildman–Crippen LogP) is 3.95. The Bertz CT molecular complexity index is 887. The number of carbonyl (C=O) groups is 2. The van der Waals surface area contributed by atoms with Gasteiger partial charge in [-0.15, -0.1) is 0 Å². The lowest BCUT2D eigenvalue weighted by Crippen LogP contribution is -2.52. The van der Waals surface area contributed by atoms with E-state index in [9.17, 15) is 9.59 Å². The number of ether oxygens (including phenoxy) is 1. The molecule has 31 heavy (non-hydrogen) atoms. The van der Waals surface area contributed by atoms with E-state index >= 15 is 0 Å². The Hall–Kier alpha value is -3.22. The number of anilines is 3. The van der Waals surface area contributed by atoms with Gasteiger partial charge < -0.3 is 24.8 Å². The summed E-state index contributed by atoms with van der Waals surface area (Å²) in [7, 11) is 2.01. The van der Waals surface area contributed by atoms with E-state index in [0.29, 0.717) is 26.2 Å². The maximum atomic E-state index is 12.7. The third-order valence-corrected chi connectivity index (χ3v) is 5.12. The highest BCUT2D eigenvalue weighted by Crippen LogP contribution is 2.30. The summed E-state index contributed by atoms with van der Waals surface area (Å²) in [6.45, 7) is 7.72. The van der Waals surface area contributed by atoms with Crippen LogP contribution in [0.4, 0.5) is 21.9 Å². The lowest BCUT2D eigenvalue weighted by molar-refractivity contribution is -0.131. The summed E-state index contributed by atoms with van der Waals surface area (Å²) < 4.78 is 5.42. The van der Waals surface area contributed by atoms with E-state index in [1.165, 1.54) is 0 Å². The predicted molar refractivity (Wildman–Crippen MR) is 124 cm³/mol. The Morgan fingerprint density at radius 3 is 2.16 bits per heavy atom. The number of benzene rings is 2. The quantitative estimate of drug-likeness (QED) is 0.787. The molecule has 0 saturated carbocycles. The Labute approximate surface area is 184 Å². The van der Waals surface area contributed by atoms with Crippen LogP contribution in [0.1, 0.15) is 20.8 Å². The Balaban J connectivity index is 1.55. The van der Waals surface area contributed by atoms with Crippen molar-refractivity contribution in [3.05, 3.63) is 54.6 Å². The van der Waals surface area contributed by atoms with Gasteiger partial charge in [-0.05, 0) is 45.0 Å². The van der Waals surface area contributed by atoms with Gasteiger partial charge in [0.25, 0.3) is 0 Å². The molecular formula is C24H32N4O3. The van der Waals surface area contributed by atoms with Gasteiger partial charge in [-0.3, -0.25) is 4.79 Å². The topological polar surface area (TPSA) is 65.1 Å². The van der Waals surface area contributed by atoms with Crippen molar-refractivity contribution in [2.75, 3.05) is 50.0 Å². The van der Waals surface area contributed by atoms with E-state index in [0.717, 1.165) is 17.1 Å². The minimum atomic E-state index is -0.520. The van der Waals surface area contributed by atoms with E-state index in [2.05, 4.69) is 10.2 Å². The fourth-order valence-corrected chi connectivity index (χ4v) is 3.45. The average Bonchev–Trinajstić information content (AvgIpc) is 2.76. The van der Waals surface area contributed by atoms with Crippen LogP contribution in [-0.2, 0) is 9.53 Å². The van der Waals surface area contributed by atoms with Crippen molar-refractivity contribution >= 4 is 29.1 Å². The molecule has 0 spiro atoms. The van der Waals surface area contributed by atoms with Crippen molar-refractivity contribution in [1.29, 1.82) is 0 Å². The molecule has 166 valence electrons. The highest BCUT2D eigenvalue weighted by Gasteiger charge is 2.27. The summed E-state index contributed by atoms with van der Waals surface area (Å²) in [5, 5.41) is 3.29. The van der Waals surface area contributed by atoms with E-state index < -0.39 is 5.60 Å². The lowest BCUT2D eigenvalue weighted by Gasteiger charge is -2.35. The molecule has 0 aromatic heterocycles. The van der Waals surface area contributed by atoms with Gasteiger partial charge in [0, 0.05) is 38.9 Å². The molecule has 3 rings (SSSR count). The fourth-order valence-electron chi connectivity index (χ4n) is 3.45. The maximum Gasteiger partial charge on any atom is 0.410 e. The first kappa shape index (κ1) is 22.5. The molecule has 0 aliphatic carbocycles. The summed E-state index contributed by atoms with van der Waals surface area (Å²) in [5.74, 6) is 0.0148. The van der Waals surface area contributed by atoms with Gasteiger partial charge in [-0.25, -0.2) is 4.79 Å².